The van der Waals surface area contributed by atoms with Gasteiger partial charge in [0.25, 0.3) is 0 Å². The Balaban J connectivity index is 2.94. The average molecular weight is 266 g/mol. The van der Waals surface area contributed by atoms with Gasteiger partial charge in [-0.05, 0) is 12.1 Å². The molecule has 0 saturated heterocycles. The fourth-order valence-corrected chi connectivity index (χ4v) is 1.77. The summed E-state index contributed by atoms with van der Waals surface area (Å²) in [4.78, 5) is 3.86. The van der Waals surface area contributed by atoms with Crippen molar-refractivity contribution >= 4 is 32.5 Å². The van der Waals surface area contributed by atoms with Crippen LogP contribution in [0.4, 0.5) is 10.1 Å². The number of nitriles is 1. The molecule has 0 fully saturated rings. The van der Waals surface area contributed by atoms with E-state index in [1.54, 1.807) is 6.07 Å². The van der Waals surface area contributed by atoms with Gasteiger partial charge in [0.15, 0.2) is 5.82 Å². The number of hydrogen-bond acceptors (Lipinski definition) is 3. The number of hydrogen-bond donors (Lipinski definition) is 1. The van der Waals surface area contributed by atoms with Crippen molar-refractivity contribution in [2.75, 3.05) is 5.73 Å². The van der Waals surface area contributed by atoms with Gasteiger partial charge >= 0.3 is 0 Å². The lowest BCUT2D eigenvalue weighted by Gasteiger charge is -2.04. The molecular formula is C10H5BrFN3. The third kappa shape index (κ3) is 1.53. The highest BCUT2D eigenvalue weighted by molar-refractivity contribution is 9.10. The summed E-state index contributed by atoms with van der Waals surface area (Å²) in [6.45, 7) is 0. The summed E-state index contributed by atoms with van der Waals surface area (Å²) >= 11 is 3.16. The van der Waals surface area contributed by atoms with Gasteiger partial charge in [0, 0.05) is 16.1 Å². The van der Waals surface area contributed by atoms with Crippen molar-refractivity contribution in [1.82, 2.24) is 4.98 Å². The molecule has 1 aromatic heterocycles. The minimum atomic E-state index is -0.462. The first-order valence-electron chi connectivity index (χ1n) is 4.07. The second-order valence-corrected chi connectivity index (χ2v) is 3.90. The molecule has 15 heavy (non-hydrogen) atoms. The second kappa shape index (κ2) is 3.48. The number of fused-ring (bicyclic) bond motifs is 1. The van der Waals surface area contributed by atoms with E-state index in [1.165, 1.54) is 12.3 Å². The summed E-state index contributed by atoms with van der Waals surface area (Å²) in [6, 6.07) is 4.85. The number of benzene rings is 1. The Bertz CT molecular complexity index is 589. The lowest BCUT2D eigenvalue weighted by Crippen LogP contribution is -1.95. The maximum absolute atomic E-state index is 13.4. The van der Waals surface area contributed by atoms with Gasteiger partial charge in [-0.2, -0.15) is 5.26 Å². The maximum atomic E-state index is 13.4. The van der Waals surface area contributed by atoms with Crippen molar-refractivity contribution in [2.24, 2.45) is 0 Å². The molecule has 0 atom stereocenters. The van der Waals surface area contributed by atoms with E-state index in [-0.39, 0.29) is 16.8 Å². The number of anilines is 1. The Hall–Kier alpha value is -1.67. The lowest BCUT2D eigenvalue weighted by molar-refractivity contribution is 0.636. The second-order valence-electron chi connectivity index (χ2n) is 2.98. The summed E-state index contributed by atoms with van der Waals surface area (Å²) < 4.78 is 14.0. The summed E-state index contributed by atoms with van der Waals surface area (Å²) in [5, 5.41) is 9.19. The van der Waals surface area contributed by atoms with E-state index in [9.17, 15) is 4.39 Å². The van der Waals surface area contributed by atoms with Gasteiger partial charge in [-0.15, -0.1) is 0 Å². The fourth-order valence-electron chi connectivity index (χ4n) is 1.34. The van der Waals surface area contributed by atoms with Crippen LogP contribution < -0.4 is 5.73 Å². The maximum Gasteiger partial charge on any atom is 0.150 e. The first-order valence-corrected chi connectivity index (χ1v) is 4.86. The molecule has 0 aliphatic carbocycles. The number of rotatable bonds is 0. The number of nitrogens with zero attached hydrogens (tertiary/aromatic N) is 2. The molecule has 0 amide bonds. The van der Waals surface area contributed by atoms with Crippen LogP contribution in [0.15, 0.2) is 22.8 Å². The number of nitrogens with two attached hydrogens (primary N) is 1. The molecule has 5 heteroatoms. The Morgan fingerprint density at radius 3 is 2.87 bits per heavy atom. The zero-order chi connectivity index (χ0) is 11.0. The largest absolute Gasteiger partial charge is 0.397 e. The van der Waals surface area contributed by atoms with Crippen molar-refractivity contribution in [1.29, 1.82) is 5.26 Å². The minimum Gasteiger partial charge on any atom is -0.397 e. The van der Waals surface area contributed by atoms with Crippen LogP contribution >= 0.6 is 15.9 Å². The highest BCUT2D eigenvalue weighted by Crippen LogP contribution is 2.27. The SMILES string of the molecule is N#Cc1cnc2c(F)cc(Br)cc2c1N. The van der Waals surface area contributed by atoms with Crippen molar-refractivity contribution in [3.05, 3.63) is 34.2 Å². The zero-order valence-electron chi connectivity index (χ0n) is 7.46. The molecule has 0 spiro atoms. The number of aromatic nitrogens is 1. The van der Waals surface area contributed by atoms with Crippen LogP contribution in [-0.4, -0.2) is 4.98 Å². The third-order valence-electron chi connectivity index (χ3n) is 2.05. The fraction of sp³-hybridized carbons (Fsp3) is 0. The standard InChI is InChI=1S/C10H5BrFN3/c11-6-1-7-9(14)5(3-13)4-15-10(7)8(12)2-6/h1-2,4H,(H2,14,15). The molecule has 2 N–H and O–H groups in total. The summed E-state index contributed by atoms with van der Waals surface area (Å²) in [5.74, 6) is -0.462. The van der Waals surface area contributed by atoms with Crippen LogP contribution in [0.2, 0.25) is 0 Å². The predicted octanol–water partition coefficient (Wildman–Crippen LogP) is 2.59. The quantitative estimate of drug-likeness (QED) is 0.797. The van der Waals surface area contributed by atoms with Crippen LogP contribution in [-0.2, 0) is 0 Å². The lowest BCUT2D eigenvalue weighted by atomic mass is 10.1. The van der Waals surface area contributed by atoms with Gasteiger partial charge < -0.3 is 5.73 Å². The van der Waals surface area contributed by atoms with Gasteiger partial charge in [0.1, 0.15) is 11.6 Å². The molecule has 74 valence electrons. The summed E-state index contributed by atoms with van der Waals surface area (Å²) in [7, 11) is 0. The number of nitrogen functional groups attached to an aromatic ring is 1. The molecule has 0 aliphatic heterocycles. The highest BCUT2D eigenvalue weighted by Gasteiger charge is 2.09. The number of pyridine rings is 1. The van der Waals surface area contributed by atoms with Gasteiger partial charge in [-0.1, -0.05) is 15.9 Å². The van der Waals surface area contributed by atoms with E-state index in [2.05, 4.69) is 20.9 Å². The van der Waals surface area contributed by atoms with Crippen LogP contribution in [0.25, 0.3) is 10.9 Å². The molecule has 1 heterocycles. The molecule has 0 aliphatic rings. The van der Waals surface area contributed by atoms with Gasteiger partial charge in [0.2, 0.25) is 0 Å². The Labute approximate surface area is 93.5 Å². The van der Waals surface area contributed by atoms with Gasteiger partial charge in [0.05, 0.1) is 11.3 Å². The molecule has 3 nitrogen and oxygen atoms in total. The predicted molar refractivity (Wildman–Crippen MR) is 58.5 cm³/mol. The Morgan fingerprint density at radius 2 is 2.20 bits per heavy atom. The van der Waals surface area contributed by atoms with Gasteiger partial charge in [-0.25, -0.2) is 4.39 Å². The normalized spacial score (nSPS) is 10.2. The van der Waals surface area contributed by atoms with Crippen LogP contribution in [0.1, 0.15) is 5.56 Å². The average Bonchev–Trinajstić information content (AvgIpc) is 2.19. The highest BCUT2D eigenvalue weighted by atomic mass is 79.9. The van der Waals surface area contributed by atoms with E-state index < -0.39 is 5.82 Å². The Kier molecular flexibility index (Phi) is 2.29. The van der Waals surface area contributed by atoms with E-state index >= 15 is 0 Å². The van der Waals surface area contributed by atoms with Gasteiger partial charge in [-0.3, -0.25) is 4.98 Å². The monoisotopic (exact) mass is 265 g/mol. The van der Waals surface area contributed by atoms with E-state index in [1.807, 2.05) is 6.07 Å². The molecule has 0 bridgehead atoms. The smallest absolute Gasteiger partial charge is 0.150 e. The minimum absolute atomic E-state index is 0.176. The molecule has 0 unspecified atom stereocenters. The summed E-state index contributed by atoms with van der Waals surface area (Å²) in [6.07, 6.45) is 1.27. The van der Waals surface area contributed by atoms with Crippen molar-refractivity contribution in [3.63, 3.8) is 0 Å². The molecule has 0 saturated carbocycles. The van der Waals surface area contributed by atoms with E-state index in [0.717, 1.165) is 0 Å². The van der Waals surface area contributed by atoms with Crippen LogP contribution in [0, 0.1) is 17.1 Å². The summed E-state index contributed by atoms with van der Waals surface area (Å²) in [5.41, 5.74) is 6.40. The molecule has 2 rings (SSSR count). The van der Waals surface area contributed by atoms with Crippen molar-refractivity contribution in [2.45, 2.75) is 0 Å². The van der Waals surface area contributed by atoms with E-state index in [0.29, 0.717) is 9.86 Å². The Morgan fingerprint density at radius 1 is 1.47 bits per heavy atom. The third-order valence-corrected chi connectivity index (χ3v) is 2.51. The van der Waals surface area contributed by atoms with Crippen molar-refractivity contribution < 1.29 is 4.39 Å². The van der Waals surface area contributed by atoms with Crippen LogP contribution in [0.5, 0.6) is 0 Å². The van der Waals surface area contributed by atoms with Crippen LogP contribution in [0.3, 0.4) is 0 Å². The molecule has 2 aromatic rings. The molecular weight excluding hydrogens is 261 g/mol. The first kappa shape index (κ1) is 9.87. The first-order chi connectivity index (χ1) is 7.13. The topological polar surface area (TPSA) is 62.7 Å². The van der Waals surface area contributed by atoms with Crippen molar-refractivity contribution in [3.8, 4) is 6.07 Å². The molecule has 0 radical (unpaired) electrons. The number of halogens is 2. The molecule has 1 aromatic carbocycles. The van der Waals surface area contributed by atoms with E-state index in [4.69, 9.17) is 11.0 Å². The zero-order valence-corrected chi connectivity index (χ0v) is 9.05.